The summed E-state index contributed by atoms with van der Waals surface area (Å²) >= 11 is 0. The van der Waals surface area contributed by atoms with Crippen LogP contribution in [0.3, 0.4) is 0 Å². The van der Waals surface area contributed by atoms with E-state index in [-0.39, 0.29) is 0 Å². The van der Waals surface area contributed by atoms with Crippen LogP contribution in [0.2, 0.25) is 0 Å². The molecule has 17 heavy (non-hydrogen) atoms. The zero-order valence-corrected chi connectivity index (χ0v) is 9.74. The number of aryl methyl sites for hydroxylation is 1. The Morgan fingerprint density at radius 1 is 1.41 bits per heavy atom. The molecule has 1 unspecified atom stereocenters. The van der Waals surface area contributed by atoms with Gasteiger partial charge in [0, 0.05) is 18.3 Å². The van der Waals surface area contributed by atoms with Crippen LogP contribution in [0.15, 0.2) is 24.7 Å². The van der Waals surface area contributed by atoms with E-state index >= 15 is 0 Å². The lowest BCUT2D eigenvalue weighted by atomic mass is 10.1. The molecule has 0 aliphatic rings. The fourth-order valence-electron chi connectivity index (χ4n) is 1.68. The Bertz CT molecular complexity index is 462. The molecule has 6 nitrogen and oxygen atoms in total. The van der Waals surface area contributed by atoms with Crippen LogP contribution in [0, 0.1) is 0 Å². The van der Waals surface area contributed by atoms with Gasteiger partial charge in [-0.1, -0.05) is 0 Å². The van der Waals surface area contributed by atoms with Crippen LogP contribution in [-0.2, 0) is 6.54 Å². The number of aliphatic hydroxyl groups is 1. The van der Waals surface area contributed by atoms with Crippen molar-refractivity contribution in [1.29, 1.82) is 0 Å². The maximum Gasteiger partial charge on any atom is 0.163 e. The van der Waals surface area contributed by atoms with E-state index in [9.17, 15) is 5.11 Å². The average molecular weight is 234 g/mol. The first-order valence-corrected chi connectivity index (χ1v) is 5.32. The molecule has 0 aliphatic heterocycles. The van der Waals surface area contributed by atoms with Gasteiger partial charge >= 0.3 is 0 Å². The van der Waals surface area contributed by atoms with Gasteiger partial charge in [0.05, 0.1) is 19.5 Å². The van der Waals surface area contributed by atoms with Crippen LogP contribution in [0.4, 0.5) is 0 Å². The summed E-state index contributed by atoms with van der Waals surface area (Å²) in [4.78, 5) is 0. The third-order valence-electron chi connectivity index (χ3n) is 2.55. The van der Waals surface area contributed by atoms with Crippen molar-refractivity contribution in [2.45, 2.75) is 19.6 Å². The maximum atomic E-state index is 10.3. The second kappa shape index (κ2) is 4.92. The molecule has 1 N–H and O–H groups in total. The van der Waals surface area contributed by atoms with Gasteiger partial charge in [-0.3, -0.25) is 4.68 Å². The van der Waals surface area contributed by atoms with Crippen molar-refractivity contribution < 1.29 is 9.84 Å². The first-order chi connectivity index (χ1) is 8.27. The topological polar surface area (TPSA) is 73.1 Å². The Kier molecular flexibility index (Phi) is 3.34. The molecule has 2 aromatic heterocycles. The predicted octanol–water partition coefficient (Wildman–Crippen LogP) is 0.783. The lowest BCUT2D eigenvalue weighted by molar-refractivity contribution is 0.202. The standard InChI is InChI=1S/C11H14N4O2/c1-3-15-10(9(17-2)7-14-15)11(16)8-4-5-12-13-6-8/h4-7,11,16H,3H2,1-2H3. The van der Waals surface area contributed by atoms with Gasteiger partial charge in [0.25, 0.3) is 0 Å². The van der Waals surface area contributed by atoms with Crippen molar-refractivity contribution in [3.8, 4) is 5.75 Å². The normalized spacial score (nSPS) is 12.4. The Hall–Kier alpha value is -1.95. The lowest BCUT2D eigenvalue weighted by Crippen LogP contribution is -2.10. The molecule has 6 heteroatoms. The van der Waals surface area contributed by atoms with E-state index in [0.717, 1.165) is 0 Å². The summed E-state index contributed by atoms with van der Waals surface area (Å²) in [6.45, 7) is 2.61. The smallest absolute Gasteiger partial charge is 0.163 e. The van der Waals surface area contributed by atoms with E-state index in [1.807, 2.05) is 6.92 Å². The van der Waals surface area contributed by atoms with Gasteiger partial charge in [0.15, 0.2) is 5.75 Å². The van der Waals surface area contributed by atoms with Gasteiger partial charge < -0.3 is 9.84 Å². The Morgan fingerprint density at radius 2 is 2.24 bits per heavy atom. The van der Waals surface area contributed by atoms with Crippen molar-refractivity contribution in [3.63, 3.8) is 0 Å². The van der Waals surface area contributed by atoms with Crippen LogP contribution in [0.25, 0.3) is 0 Å². The van der Waals surface area contributed by atoms with E-state index in [0.29, 0.717) is 23.6 Å². The molecule has 2 rings (SSSR count). The first kappa shape index (κ1) is 11.5. The molecular formula is C11H14N4O2. The Morgan fingerprint density at radius 3 is 2.82 bits per heavy atom. The summed E-state index contributed by atoms with van der Waals surface area (Å²) in [5.41, 5.74) is 1.29. The molecular weight excluding hydrogens is 220 g/mol. The van der Waals surface area contributed by atoms with Gasteiger partial charge in [-0.15, -0.1) is 0 Å². The monoisotopic (exact) mass is 234 g/mol. The van der Waals surface area contributed by atoms with Crippen LogP contribution < -0.4 is 4.74 Å². The Balaban J connectivity index is 2.42. The average Bonchev–Trinajstić information content (AvgIpc) is 2.81. The van der Waals surface area contributed by atoms with Gasteiger partial charge in [-0.2, -0.15) is 15.3 Å². The van der Waals surface area contributed by atoms with Gasteiger partial charge in [0.1, 0.15) is 11.8 Å². The molecule has 0 saturated heterocycles. The maximum absolute atomic E-state index is 10.3. The second-order valence-corrected chi connectivity index (χ2v) is 3.49. The van der Waals surface area contributed by atoms with Crippen LogP contribution in [0.5, 0.6) is 5.75 Å². The van der Waals surface area contributed by atoms with Gasteiger partial charge in [-0.05, 0) is 13.0 Å². The highest BCUT2D eigenvalue weighted by molar-refractivity contribution is 5.33. The fraction of sp³-hybridized carbons (Fsp3) is 0.364. The fourth-order valence-corrected chi connectivity index (χ4v) is 1.68. The van der Waals surface area contributed by atoms with E-state index in [2.05, 4.69) is 15.3 Å². The van der Waals surface area contributed by atoms with Crippen LogP contribution in [0.1, 0.15) is 24.3 Å². The van der Waals surface area contributed by atoms with E-state index in [4.69, 9.17) is 4.74 Å². The molecule has 0 saturated carbocycles. The third-order valence-corrected chi connectivity index (χ3v) is 2.55. The van der Waals surface area contributed by atoms with E-state index in [1.54, 1.807) is 24.1 Å². The molecule has 2 heterocycles. The predicted molar refractivity (Wildman–Crippen MR) is 60.5 cm³/mol. The largest absolute Gasteiger partial charge is 0.493 e. The molecule has 0 fully saturated rings. The molecule has 0 bridgehead atoms. The number of hydrogen-bond acceptors (Lipinski definition) is 5. The molecule has 0 spiro atoms. The van der Waals surface area contributed by atoms with E-state index in [1.165, 1.54) is 12.4 Å². The van der Waals surface area contributed by atoms with Crippen molar-refractivity contribution in [1.82, 2.24) is 20.0 Å². The minimum Gasteiger partial charge on any atom is -0.493 e. The highest BCUT2D eigenvalue weighted by Gasteiger charge is 2.21. The number of methoxy groups -OCH3 is 1. The number of rotatable bonds is 4. The van der Waals surface area contributed by atoms with Crippen molar-refractivity contribution in [3.05, 3.63) is 35.9 Å². The zero-order chi connectivity index (χ0) is 12.3. The summed E-state index contributed by atoms with van der Waals surface area (Å²) in [6.07, 6.45) is 3.84. The number of aliphatic hydroxyl groups excluding tert-OH is 1. The van der Waals surface area contributed by atoms with Crippen molar-refractivity contribution in [2.75, 3.05) is 7.11 Å². The van der Waals surface area contributed by atoms with E-state index < -0.39 is 6.10 Å². The lowest BCUT2D eigenvalue weighted by Gasteiger charge is -2.13. The summed E-state index contributed by atoms with van der Waals surface area (Å²) in [7, 11) is 1.55. The number of aromatic nitrogens is 4. The molecule has 1 atom stereocenters. The second-order valence-electron chi connectivity index (χ2n) is 3.49. The number of nitrogens with zero attached hydrogens (tertiary/aromatic N) is 4. The van der Waals surface area contributed by atoms with Crippen molar-refractivity contribution in [2.24, 2.45) is 0 Å². The molecule has 0 aliphatic carbocycles. The van der Waals surface area contributed by atoms with Gasteiger partial charge in [-0.25, -0.2) is 0 Å². The number of ether oxygens (including phenoxy) is 1. The first-order valence-electron chi connectivity index (χ1n) is 5.32. The quantitative estimate of drug-likeness (QED) is 0.846. The molecule has 0 amide bonds. The summed E-state index contributed by atoms with van der Waals surface area (Å²) < 4.78 is 6.89. The molecule has 90 valence electrons. The SMILES string of the molecule is CCn1ncc(OC)c1C(O)c1ccnnc1. The number of hydrogen-bond donors (Lipinski definition) is 1. The van der Waals surface area contributed by atoms with Crippen LogP contribution >= 0.6 is 0 Å². The van der Waals surface area contributed by atoms with Crippen LogP contribution in [-0.4, -0.2) is 32.2 Å². The molecule has 0 radical (unpaired) electrons. The molecule has 0 aromatic carbocycles. The highest BCUT2D eigenvalue weighted by atomic mass is 16.5. The molecule has 2 aromatic rings. The summed E-state index contributed by atoms with van der Waals surface area (Å²) in [5.74, 6) is 0.566. The highest BCUT2D eigenvalue weighted by Crippen LogP contribution is 2.29. The Labute approximate surface area is 98.9 Å². The summed E-state index contributed by atoms with van der Waals surface area (Å²) in [5, 5.41) is 21.9. The third kappa shape index (κ3) is 2.12. The summed E-state index contributed by atoms with van der Waals surface area (Å²) in [6, 6.07) is 1.71. The minimum atomic E-state index is -0.817. The minimum absolute atomic E-state index is 0.566. The van der Waals surface area contributed by atoms with Crippen molar-refractivity contribution >= 4 is 0 Å². The zero-order valence-electron chi connectivity index (χ0n) is 9.74. The van der Waals surface area contributed by atoms with Gasteiger partial charge in [0.2, 0.25) is 0 Å².